The minimum absolute atomic E-state index is 0. The number of nitrogens with zero attached hydrogens (tertiary/aromatic N) is 2. The molecule has 1 aromatic carbocycles. The predicted molar refractivity (Wildman–Crippen MR) is 114 cm³/mol. The molecule has 1 aromatic rings. The van der Waals surface area contributed by atoms with Gasteiger partial charge in [-0.3, -0.25) is 4.79 Å². The minimum Gasteiger partial charge on any atom is -0.454 e. The van der Waals surface area contributed by atoms with Crippen LogP contribution in [0.3, 0.4) is 0 Å². The average Bonchev–Trinajstić information content (AvgIpc) is 3.06. The molecule has 0 aromatic heterocycles. The van der Waals surface area contributed by atoms with Crippen molar-refractivity contribution in [2.45, 2.75) is 32.7 Å². The van der Waals surface area contributed by atoms with Crippen LogP contribution >= 0.6 is 24.0 Å². The topological polar surface area (TPSA) is 75.2 Å². The van der Waals surface area contributed by atoms with E-state index in [1.165, 1.54) is 4.90 Å². The van der Waals surface area contributed by atoms with Crippen LogP contribution in [0.25, 0.3) is 0 Å². The predicted octanol–water partition coefficient (Wildman–Crippen LogP) is 2.00. The van der Waals surface area contributed by atoms with Crippen molar-refractivity contribution in [1.29, 1.82) is 0 Å². The van der Waals surface area contributed by atoms with Gasteiger partial charge < -0.3 is 25.0 Å². The van der Waals surface area contributed by atoms with E-state index in [4.69, 9.17) is 9.47 Å². The summed E-state index contributed by atoms with van der Waals surface area (Å²) in [7, 11) is 3.46. The zero-order valence-electron chi connectivity index (χ0n) is 15.9. The van der Waals surface area contributed by atoms with Crippen LogP contribution in [0, 0.1) is 0 Å². The fraction of sp³-hybridized carbons (Fsp3) is 0.556. The van der Waals surface area contributed by atoms with E-state index in [1.807, 2.05) is 18.2 Å². The number of benzene rings is 1. The number of carbonyl (C=O) groups is 1. The molecule has 0 bridgehead atoms. The highest BCUT2D eigenvalue weighted by Crippen LogP contribution is 2.32. The van der Waals surface area contributed by atoms with Crippen molar-refractivity contribution >= 4 is 35.8 Å². The second kappa shape index (κ2) is 11.1. The molecule has 1 aliphatic heterocycles. The van der Waals surface area contributed by atoms with E-state index < -0.39 is 0 Å². The number of halogens is 1. The molecule has 0 radical (unpaired) electrons. The zero-order chi connectivity index (χ0) is 18.2. The van der Waals surface area contributed by atoms with Crippen LogP contribution in [0.15, 0.2) is 23.2 Å². The summed E-state index contributed by atoms with van der Waals surface area (Å²) in [6.45, 7) is 5.31. The lowest BCUT2D eigenvalue weighted by atomic mass is 10.1. The number of amides is 1. The number of ether oxygens (including phenoxy) is 2. The first-order chi connectivity index (χ1) is 12.0. The van der Waals surface area contributed by atoms with Crippen LogP contribution in [0.4, 0.5) is 0 Å². The van der Waals surface area contributed by atoms with Gasteiger partial charge in [0.05, 0.1) is 0 Å². The molecule has 0 saturated heterocycles. The molecule has 7 nitrogen and oxygen atoms in total. The normalized spacial score (nSPS) is 13.6. The highest BCUT2D eigenvalue weighted by atomic mass is 127. The van der Waals surface area contributed by atoms with Gasteiger partial charge in [0.25, 0.3) is 0 Å². The van der Waals surface area contributed by atoms with Crippen molar-refractivity contribution in [3.63, 3.8) is 0 Å². The monoisotopic (exact) mass is 476 g/mol. The molecule has 1 atom stereocenters. The number of hydrogen-bond donors (Lipinski definition) is 2. The van der Waals surface area contributed by atoms with Crippen molar-refractivity contribution in [1.82, 2.24) is 15.5 Å². The lowest BCUT2D eigenvalue weighted by Crippen LogP contribution is -2.43. The highest BCUT2D eigenvalue weighted by molar-refractivity contribution is 14.0. The smallest absolute Gasteiger partial charge is 0.243 e. The highest BCUT2D eigenvalue weighted by Gasteiger charge is 2.13. The Labute approximate surface area is 172 Å². The lowest BCUT2D eigenvalue weighted by Gasteiger charge is -2.17. The van der Waals surface area contributed by atoms with Gasteiger partial charge in [0.2, 0.25) is 12.7 Å². The van der Waals surface area contributed by atoms with Gasteiger partial charge in [-0.1, -0.05) is 13.0 Å². The number of likely N-dealkylation sites (N-methyl/N-ethyl adjacent to an activating group) is 1. The fourth-order valence-electron chi connectivity index (χ4n) is 2.20. The summed E-state index contributed by atoms with van der Waals surface area (Å²) in [5.41, 5.74) is 1.16. The van der Waals surface area contributed by atoms with Gasteiger partial charge in [-0.05, 0) is 37.5 Å². The summed E-state index contributed by atoms with van der Waals surface area (Å²) < 4.78 is 10.7. The third-order valence-corrected chi connectivity index (χ3v) is 4.01. The summed E-state index contributed by atoms with van der Waals surface area (Å²) in [5.74, 6) is 2.21. The van der Waals surface area contributed by atoms with Gasteiger partial charge in [0.1, 0.15) is 6.54 Å². The number of rotatable bonds is 7. The minimum atomic E-state index is -0.0268. The molecule has 0 fully saturated rings. The SMILES string of the molecule is CCC(C)NC(=NCC(=O)N(C)C)NCCc1ccc2c(c1)OCO2.I. The van der Waals surface area contributed by atoms with Gasteiger partial charge in [0, 0.05) is 26.7 Å². The summed E-state index contributed by atoms with van der Waals surface area (Å²) in [6.07, 6.45) is 1.80. The van der Waals surface area contributed by atoms with Crippen LogP contribution in [0.5, 0.6) is 11.5 Å². The van der Waals surface area contributed by atoms with Crippen molar-refractivity contribution in [2.24, 2.45) is 4.99 Å². The molecule has 0 aliphatic carbocycles. The quantitative estimate of drug-likeness (QED) is 0.358. The molecular formula is C18H29IN4O3. The van der Waals surface area contributed by atoms with Gasteiger partial charge in [-0.25, -0.2) is 4.99 Å². The number of hydrogen-bond acceptors (Lipinski definition) is 4. The summed E-state index contributed by atoms with van der Waals surface area (Å²) in [5, 5.41) is 6.60. The van der Waals surface area contributed by atoms with Crippen molar-refractivity contribution in [3.05, 3.63) is 23.8 Å². The van der Waals surface area contributed by atoms with E-state index >= 15 is 0 Å². The largest absolute Gasteiger partial charge is 0.454 e. The maximum atomic E-state index is 11.7. The molecule has 2 N–H and O–H groups in total. The summed E-state index contributed by atoms with van der Waals surface area (Å²) in [6, 6.07) is 6.24. The Bertz CT molecular complexity index is 622. The third-order valence-electron chi connectivity index (χ3n) is 4.01. The number of carbonyl (C=O) groups excluding carboxylic acids is 1. The van der Waals surface area contributed by atoms with Gasteiger partial charge in [0.15, 0.2) is 17.5 Å². The van der Waals surface area contributed by atoms with Crippen LogP contribution < -0.4 is 20.1 Å². The molecular weight excluding hydrogens is 447 g/mol. The Hall–Kier alpha value is -1.71. The summed E-state index contributed by atoms with van der Waals surface area (Å²) in [4.78, 5) is 17.7. The van der Waals surface area contributed by atoms with Crippen molar-refractivity contribution < 1.29 is 14.3 Å². The van der Waals surface area contributed by atoms with E-state index in [9.17, 15) is 4.79 Å². The summed E-state index contributed by atoms with van der Waals surface area (Å²) >= 11 is 0. The van der Waals surface area contributed by atoms with E-state index in [2.05, 4.69) is 29.5 Å². The van der Waals surface area contributed by atoms with E-state index in [-0.39, 0.29) is 49.3 Å². The first kappa shape index (κ1) is 22.3. The first-order valence-corrected chi connectivity index (χ1v) is 8.63. The van der Waals surface area contributed by atoms with E-state index in [0.717, 1.165) is 29.9 Å². The molecule has 0 spiro atoms. The molecule has 2 rings (SSSR count). The molecule has 1 aliphatic rings. The number of nitrogens with one attached hydrogen (secondary N) is 2. The molecule has 8 heteroatoms. The molecule has 26 heavy (non-hydrogen) atoms. The van der Waals surface area contributed by atoms with E-state index in [1.54, 1.807) is 14.1 Å². The van der Waals surface area contributed by atoms with Crippen LogP contribution in [0.1, 0.15) is 25.8 Å². The average molecular weight is 476 g/mol. The Morgan fingerprint density at radius 3 is 2.73 bits per heavy atom. The van der Waals surface area contributed by atoms with Gasteiger partial charge in [-0.2, -0.15) is 0 Å². The number of aliphatic imine (C=N–C) groups is 1. The Balaban J connectivity index is 0.00000338. The Morgan fingerprint density at radius 1 is 1.31 bits per heavy atom. The Morgan fingerprint density at radius 2 is 2.04 bits per heavy atom. The fourth-order valence-corrected chi connectivity index (χ4v) is 2.20. The molecule has 1 heterocycles. The van der Waals surface area contributed by atoms with Crippen LogP contribution in [-0.4, -0.2) is 56.8 Å². The van der Waals surface area contributed by atoms with Crippen LogP contribution in [0.2, 0.25) is 0 Å². The first-order valence-electron chi connectivity index (χ1n) is 8.63. The van der Waals surface area contributed by atoms with Gasteiger partial charge in [-0.15, -0.1) is 24.0 Å². The third kappa shape index (κ3) is 6.89. The molecule has 0 saturated carbocycles. The van der Waals surface area contributed by atoms with Crippen LogP contribution in [-0.2, 0) is 11.2 Å². The standard InChI is InChI=1S/C18H28N4O3.HI/c1-5-13(2)21-18(20-11-17(23)22(3)4)19-9-8-14-6-7-15-16(10-14)25-12-24-15;/h6-7,10,13H,5,8-9,11-12H2,1-4H3,(H2,19,20,21);1H. The number of guanidine groups is 1. The maximum absolute atomic E-state index is 11.7. The number of fused-ring (bicyclic) bond motifs is 1. The van der Waals surface area contributed by atoms with Crippen molar-refractivity contribution in [2.75, 3.05) is 34.0 Å². The second-order valence-electron chi connectivity index (χ2n) is 6.27. The Kier molecular flexibility index (Phi) is 9.53. The zero-order valence-corrected chi connectivity index (χ0v) is 18.2. The maximum Gasteiger partial charge on any atom is 0.243 e. The molecule has 146 valence electrons. The van der Waals surface area contributed by atoms with E-state index in [0.29, 0.717) is 12.5 Å². The molecule has 1 amide bonds. The van der Waals surface area contributed by atoms with Crippen molar-refractivity contribution in [3.8, 4) is 11.5 Å². The second-order valence-corrected chi connectivity index (χ2v) is 6.27. The lowest BCUT2D eigenvalue weighted by molar-refractivity contribution is -0.127. The van der Waals surface area contributed by atoms with Gasteiger partial charge >= 0.3 is 0 Å². The molecule has 1 unspecified atom stereocenters.